The predicted molar refractivity (Wildman–Crippen MR) is 90.3 cm³/mol. The molecule has 3 heterocycles. The molecule has 6 nitrogen and oxygen atoms in total. The fraction of sp³-hybridized carbons (Fsp3) is 0.389. The SMILES string of the molecule is CNC(=O)CC1CN(C(=O)c2ccc(C)cn2)Cc2cccn2C1. The molecule has 24 heavy (non-hydrogen) atoms. The number of nitrogens with zero attached hydrogens (tertiary/aromatic N) is 3. The first-order chi connectivity index (χ1) is 11.6. The van der Waals surface area contributed by atoms with E-state index in [1.54, 1.807) is 24.2 Å². The molecule has 0 saturated heterocycles. The number of hydrogen-bond donors (Lipinski definition) is 1. The molecule has 0 saturated carbocycles. The van der Waals surface area contributed by atoms with Crippen molar-refractivity contribution < 1.29 is 9.59 Å². The van der Waals surface area contributed by atoms with Crippen molar-refractivity contribution >= 4 is 11.8 Å². The average molecular weight is 326 g/mol. The number of amides is 2. The Hall–Kier alpha value is -2.63. The maximum Gasteiger partial charge on any atom is 0.272 e. The number of nitrogens with one attached hydrogen (secondary N) is 1. The zero-order valence-electron chi connectivity index (χ0n) is 14.0. The molecule has 0 bridgehead atoms. The molecule has 0 radical (unpaired) electrons. The Bertz CT molecular complexity index is 736. The molecule has 1 unspecified atom stereocenters. The molecule has 1 N–H and O–H groups in total. The summed E-state index contributed by atoms with van der Waals surface area (Å²) in [6, 6.07) is 7.65. The van der Waals surface area contributed by atoms with E-state index in [4.69, 9.17) is 0 Å². The van der Waals surface area contributed by atoms with E-state index in [0.29, 0.717) is 25.2 Å². The number of pyridine rings is 1. The van der Waals surface area contributed by atoms with E-state index in [-0.39, 0.29) is 17.7 Å². The van der Waals surface area contributed by atoms with Crippen LogP contribution in [0.2, 0.25) is 0 Å². The lowest BCUT2D eigenvalue weighted by Gasteiger charge is -2.23. The number of rotatable bonds is 3. The summed E-state index contributed by atoms with van der Waals surface area (Å²) >= 11 is 0. The molecule has 2 amide bonds. The molecular formula is C18H22N4O2. The van der Waals surface area contributed by atoms with E-state index in [1.807, 2.05) is 31.3 Å². The maximum absolute atomic E-state index is 12.8. The fourth-order valence-electron chi connectivity index (χ4n) is 3.08. The lowest BCUT2D eigenvalue weighted by atomic mass is 10.0. The standard InChI is InChI=1S/C18H22N4O2/c1-13-5-6-16(20-9-13)18(24)22-11-14(8-17(23)19-2)10-21-7-3-4-15(21)12-22/h3-7,9,14H,8,10-12H2,1-2H3,(H,19,23). The third-order valence-corrected chi connectivity index (χ3v) is 4.38. The molecule has 0 aliphatic carbocycles. The van der Waals surface area contributed by atoms with Crippen LogP contribution in [0.3, 0.4) is 0 Å². The Balaban J connectivity index is 1.84. The summed E-state index contributed by atoms with van der Waals surface area (Å²) in [5, 5.41) is 2.67. The third kappa shape index (κ3) is 3.48. The van der Waals surface area contributed by atoms with Gasteiger partial charge in [-0.05, 0) is 30.7 Å². The summed E-state index contributed by atoms with van der Waals surface area (Å²) in [4.78, 5) is 30.7. The van der Waals surface area contributed by atoms with Crippen LogP contribution in [0.5, 0.6) is 0 Å². The van der Waals surface area contributed by atoms with Crippen LogP contribution in [0, 0.1) is 12.8 Å². The van der Waals surface area contributed by atoms with Crippen molar-refractivity contribution in [1.82, 2.24) is 19.8 Å². The third-order valence-electron chi connectivity index (χ3n) is 4.38. The van der Waals surface area contributed by atoms with Gasteiger partial charge in [-0.3, -0.25) is 14.6 Å². The van der Waals surface area contributed by atoms with E-state index in [0.717, 1.165) is 17.8 Å². The van der Waals surface area contributed by atoms with Gasteiger partial charge in [0.05, 0.1) is 6.54 Å². The van der Waals surface area contributed by atoms with Crippen molar-refractivity contribution in [3.05, 3.63) is 53.6 Å². The first-order valence-electron chi connectivity index (χ1n) is 8.13. The van der Waals surface area contributed by atoms with Crippen molar-refractivity contribution in [2.45, 2.75) is 26.4 Å². The second-order valence-electron chi connectivity index (χ2n) is 6.30. The molecule has 1 aliphatic heterocycles. The highest BCUT2D eigenvalue weighted by Gasteiger charge is 2.27. The molecule has 1 atom stereocenters. The van der Waals surface area contributed by atoms with Gasteiger partial charge in [-0.15, -0.1) is 0 Å². The normalized spacial score (nSPS) is 17.1. The summed E-state index contributed by atoms with van der Waals surface area (Å²) in [6.45, 7) is 3.76. The maximum atomic E-state index is 12.8. The van der Waals surface area contributed by atoms with Gasteiger partial charge < -0.3 is 14.8 Å². The monoisotopic (exact) mass is 326 g/mol. The van der Waals surface area contributed by atoms with E-state index in [2.05, 4.69) is 14.9 Å². The van der Waals surface area contributed by atoms with E-state index < -0.39 is 0 Å². The Morgan fingerprint density at radius 3 is 2.83 bits per heavy atom. The van der Waals surface area contributed by atoms with Crippen LogP contribution in [-0.2, 0) is 17.9 Å². The molecule has 126 valence electrons. The zero-order chi connectivity index (χ0) is 17.1. The molecular weight excluding hydrogens is 304 g/mol. The Labute approximate surface area is 141 Å². The van der Waals surface area contributed by atoms with E-state index in [1.165, 1.54) is 0 Å². The lowest BCUT2D eigenvalue weighted by molar-refractivity contribution is -0.121. The van der Waals surface area contributed by atoms with Gasteiger partial charge in [0.15, 0.2) is 0 Å². The number of hydrogen-bond acceptors (Lipinski definition) is 3. The first-order valence-corrected chi connectivity index (χ1v) is 8.13. The smallest absolute Gasteiger partial charge is 0.272 e. The highest BCUT2D eigenvalue weighted by atomic mass is 16.2. The van der Waals surface area contributed by atoms with Crippen molar-refractivity contribution in [3.8, 4) is 0 Å². The number of carbonyl (C=O) groups excluding carboxylic acids is 2. The second kappa shape index (κ2) is 6.86. The minimum atomic E-state index is -0.0912. The fourth-order valence-corrected chi connectivity index (χ4v) is 3.08. The van der Waals surface area contributed by atoms with Crippen molar-refractivity contribution in [2.75, 3.05) is 13.6 Å². The Kier molecular flexibility index (Phi) is 4.64. The van der Waals surface area contributed by atoms with Crippen LogP contribution >= 0.6 is 0 Å². The molecule has 1 aliphatic rings. The van der Waals surface area contributed by atoms with Crippen LogP contribution in [0.25, 0.3) is 0 Å². The van der Waals surface area contributed by atoms with Crippen LogP contribution in [0.15, 0.2) is 36.7 Å². The van der Waals surface area contributed by atoms with E-state index in [9.17, 15) is 9.59 Å². The van der Waals surface area contributed by atoms with Gasteiger partial charge in [0, 0.05) is 50.6 Å². The molecule has 3 rings (SSSR count). The van der Waals surface area contributed by atoms with Crippen LogP contribution < -0.4 is 5.32 Å². The van der Waals surface area contributed by atoms with Crippen LogP contribution in [0.4, 0.5) is 0 Å². The number of fused-ring (bicyclic) bond motifs is 1. The van der Waals surface area contributed by atoms with Crippen LogP contribution in [0.1, 0.15) is 28.2 Å². The Morgan fingerprint density at radius 1 is 1.29 bits per heavy atom. The molecule has 2 aromatic rings. The molecule has 0 fully saturated rings. The topological polar surface area (TPSA) is 67.2 Å². The predicted octanol–water partition coefficient (Wildman–Crippen LogP) is 1.60. The number of aryl methyl sites for hydroxylation is 1. The van der Waals surface area contributed by atoms with Gasteiger partial charge >= 0.3 is 0 Å². The van der Waals surface area contributed by atoms with Gasteiger partial charge in [-0.25, -0.2) is 0 Å². The summed E-state index contributed by atoms with van der Waals surface area (Å²) in [5.74, 6) is -0.0176. The highest BCUT2D eigenvalue weighted by molar-refractivity contribution is 5.92. The number of aromatic nitrogens is 2. The van der Waals surface area contributed by atoms with Gasteiger partial charge in [0.25, 0.3) is 5.91 Å². The summed E-state index contributed by atoms with van der Waals surface area (Å²) in [6.07, 6.45) is 4.11. The zero-order valence-corrected chi connectivity index (χ0v) is 14.0. The quantitative estimate of drug-likeness (QED) is 0.931. The Morgan fingerprint density at radius 2 is 2.12 bits per heavy atom. The van der Waals surface area contributed by atoms with Crippen molar-refractivity contribution in [2.24, 2.45) is 5.92 Å². The molecule has 0 aromatic carbocycles. The van der Waals surface area contributed by atoms with E-state index >= 15 is 0 Å². The second-order valence-corrected chi connectivity index (χ2v) is 6.30. The average Bonchev–Trinajstić information content (AvgIpc) is 2.93. The lowest BCUT2D eigenvalue weighted by Crippen LogP contribution is -2.36. The summed E-state index contributed by atoms with van der Waals surface area (Å²) < 4.78 is 2.13. The molecule has 2 aromatic heterocycles. The van der Waals surface area contributed by atoms with Gasteiger partial charge in [0.2, 0.25) is 5.91 Å². The van der Waals surface area contributed by atoms with Crippen molar-refractivity contribution in [3.63, 3.8) is 0 Å². The molecule has 6 heteroatoms. The molecule has 0 spiro atoms. The van der Waals surface area contributed by atoms with Gasteiger partial charge in [-0.1, -0.05) is 6.07 Å². The van der Waals surface area contributed by atoms with Crippen LogP contribution in [-0.4, -0.2) is 39.9 Å². The summed E-state index contributed by atoms with van der Waals surface area (Å²) in [7, 11) is 1.64. The minimum Gasteiger partial charge on any atom is -0.359 e. The first kappa shape index (κ1) is 16.2. The highest BCUT2D eigenvalue weighted by Crippen LogP contribution is 2.21. The number of carbonyl (C=O) groups is 2. The summed E-state index contributed by atoms with van der Waals surface area (Å²) in [5.41, 5.74) is 2.54. The largest absolute Gasteiger partial charge is 0.359 e. The minimum absolute atomic E-state index is 0.00327. The van der Waals surface area contributed by atoms with Gasteiger partial charge in [0.1, 0.15) is 5.69 Å². The van der Waals surface area contributed by atoms with Gasteiger partial charge in [-0.2, -0.15) is 0 Å². The van der Waals surface area contributed by atoms with Crippen molar-refractivity contribution in [1.29, 1.82) is 0 Å².